The summed E-state index contributed by atoms with van der Waals surface area (Å²) in [5.41, 5.74) is 1.38. The van der Waals surface area contributed by atoms with Crippen molar-refractivity contribution in [1.82, 2.24) is 14.4 Å². The van der Waals surface area contributed by atoms with Gasteiger partial charge in [-0.3, -0.25) is 4.31 Å². The number of likely N-dealkylation sites (tertiary alicyclic amines) is 1. The highest BCUT2D eigenvalue weighted by Gasteiger charge is 2.43. The Balaban J connectivity index is 1.60. The van der Waals surface area contributed by atoms with Gasteiger partial charge in [0.05, 0.1) is 11.9 Å². The number of hydrogen-bond donors (Lipinski definition) is 0. The zero-order chi connectivity index (χ0) is 17.4. The monoisotopic (exact) mass is 359 g/mol. The highest BCUT2D eigenvalue weighted by Crippen LogP contribution is 2.31. The van der Waals surface area contributed by atoms with E-state index in [1.54, 1.807) is 35.4 Å². The van der Waals surface area contributed by atoms with E-state index in [0.717, 1.165) is 5.56 Å². The first-order chi connectivity index (χ1) is 12.1. The summed E-state index contributed by atoms with van der Waals surface area (Å²) in [6, 6.07) is 8.81. The van der Waals surface area contributed by atoms with Crippen molar-refractivity contribution in [2.75, 3.05) is 30.5 Å². The molecule has 2 aliphatic heterocycles. The standard InChI is InChI=1S/C16H17N5O3S/c17-12-19-7-5-15(11-19)21-9-8-20(25(21,22)23)14-3-1-2-13(10-14)16-4-6-18-24-16/h1-4,6,10,15H,5,7-9,11H2/t15-/m0/s1. The molecule has 0 unspecified atom stereocenters. The molecule has 4 rings (SSSR count). The second kappa shape index (κ2) is 6.06. The van der Waals surface area contributed by atoms with Gasteiger partial charge in [-0.1, -0.05) is 17.3 Å². The average molecular weight is 359 g/mol. The fourth-order valence-corrected chi connectivity index (χ4v) is 5.23. The summed E-state index contributed by atoms with van der Waals surface area (Å²) in [7, 11) is -3.60. The Bertz CT molecular complexity index is 906. The minimum Gasteiger partial charge on any atom is -0.356 e. The highest BCUT2D eigenvalue weighted by molar-refractivity contribution is 7.90. The molecule has 25 heavy (non-hydrogen) atoms. The van der Waals surface area contributed by atoms with Crippen molar-refractivity contribution in [3.05, 3.63) is 36.5 Å². The normalized spacial score (nSPS) is 23.1. The van der Waals surface area contributed by atoms with Crippen LogP contribution in [0.3, 0.4) is 0 Å². The zero-order valence-corrected chi connectivity index (χ0v) is 14.3. The van der Waals surface area contributed by atoms with Gasteiger partial charge in [0.2, 0.25) is 0 Å². The Morgan fingerprint density at radius 3 is 2.84 bits per heavy atom. The first-order valence-electron chi connectivity index (χ1n) is 8.05. The summed E-state index contributed by atoms with van der Waals surface area (Å²) in [4.78, 5) is 1.60. The molecule has 1 aromatic carbocycles. The number of aromatic nitrogens is 1. The van der Waals surface area contributed by atoms with E-state index >= 15 is 0 Å². The van der Waals surface area contributed by atoms with Crippen LogP contribution < -0.4 is 4.31 Å². The van der Waals surface area contributed by atoms with Crippen LogP contribution in [0, 0.1) is 11.5 Å². The Kier molecular flexibility index (Phi) is 3.86. The molecule has 3 heterocycles. The second-order valence-electron chi connectivity index (χ2n) is 6.11. The van der Waals surface area contributed by atoms with Crippen LogP contribution in [0.15, 0.2) is 41.1 Å². The number of nitriles is 1. The fourth-order valence-electron chi connectivity index (χ4n) is 3.43. The van der Waals surface area contributed by atoms with Gasteiger partial charge in [0.25, 0.3) is 0 Å². The third-order valence-electron chi connectivity index (χ3n) is 4.67. The maximum absolute atomic E-state index is 13.0. The molecule has 2 saturated heterocycles. The van der Waals surface area contributed by atoms with Gasteiger partial charge in [0.15, 0.2) is 12.0 Å². The Morgan fingerprint density at radius 2 is 2.12 bits per heavy atom. The van der Waals surface area contributed by atoms with Gasteiger partial charge in [-0.2, -0.15) is 18.0 Å². The van der Waals surface area contributed by atoms with Crippen LogP contribution >= 0.6 is 0 Å². The second-order valence-corrected chi connectivity index (χ2v) is 7.91. The zero-order valence-electron chi connectivity index (χ0n) is 13.4. The fraction of sp³-hybridized carbons (Fsp3) is 0.375. The van der Waals surface area contributed by atoms with Crippen LogP contribution in [0.2, 0.25) is 0 Å². The van der Waals surface area contributed by atoms with Crippen molar-refractivity contribution < 1.29 is 12.9 Å². The first-order valence-corrected chi connectivity index (χ1v) is 9.44. The predicted octanol–water partition coefficient (Wildman–Crippen LogP) is 1.26. The smallest absolute Gasteiger partial charge is 0.304 e. The molecule has 0 N–H and O–H groups in total. The van der Waals surface area contributed by atoms with Crippen molar-refractivity contribution in [3.63, 3.8) is 0 Å². The number of rotatable bonds is 3. The summed E-state index contributed by atoms with van der Waals surface area (Å²) in [6.07, 6.45) is 4.32. The molecule has 0 aliphatic carbocycles. The molecule has 1 aromatic heterocycles. The van der Waals surface area contributed by atoms with Crippen LogP contribution in [-0.4, -0.2) is 55.0 Å². The lowest BCUT2D eigenvalue weighted by atomic mass is 10.1. The Morgan fingerprint density at radius 1 is 1.24 bits per heavy atom. The summed E-state index contributed by atoms with van der Waals surface area (Å²) in [5, 5.41) is 12.7. The van der Waals surface area contributed by atoms with E-state index in [9.17, 15) is 8.42 Å². The van der Waals surface area contributed by atoms with E-state index in [4.69, 9.17) is 9.78 Å². The molecular formula is C16H17N5O3S. The van der Waals surface area contributed by atoms with Crippen LogP contribution in [-0.2, 0) is 10.2 Å². The SMILES string of the molecule is N#CN1CC[C@H](N2CCN(c3cccc(-c4ccno4)c3)S2(=O)=O)C1. The molecule has 130 valence electrons. The molecule has 2 aliphatic rings. The molecule has 9 heteroatoms. The Hall–Kier alpha value is -2.57. The third kappa shape index (κ3) is 2.73. The topological polar surface area (TPSA) is 93.7 Å². The summed E-state index contributed by atoms with van der Waals surface area (Å²) >= 11 is 0. The molecule has 0 radical (unpaired) electrons. The quantitative estimate of drug-likeness (QED) is 0.766. The van der Waals surface area contributed by atoms with Crippen molar-refractivity contribution >= 4 is 15.9 Å². The van der Waals surface area contributed by atoms with Crippen LogP contribution in [0.4, 0.5) is 5.69 Å². The highest BCUT2D eigenvalue weighted by atomic mass is 32.2. The molecule has 0 spiro atoms. The van der Waals surface area contributed by atoms with Crippen molar-refractivity contribution in [2.24, 2.45) is 0 Å². The van der Waals surface area contributed by atoms with Gasteiger partial charge in [-0.25, -0.2) is 0 Å². The van der Waals surface area contributed by atoms with E-state index < -0.39 is 10.2 Å². The summed E-state index contributed by atoms with van der Waals surface area (Å²) < 4.78 is 34.1. The molecule has 2 fully saturated rings. The molecule has 0 amide bonds. The lowest BCUT2D eigenvalue weighted by Crippen LogP contribution is -2.41. The molecule has 2 aromatic rings. The van der Waals surface area contributed by atoms with Crippen molar-refractivity contribution in [2.45, 2.75) is 12.5 Å². The predicted molar refractivity (Wildman–Crippen MR) is 90.5 cm³/mol. The average Bonchev–Trinajstić information content (AvgIpc) is 3.34. The van der Waals surface area contributed by atoms with Crippen LogP contribution in [0.25, 0.3) is 11.3 Å². The van der Waals surface area contributed by atoms with Gasteiger partial charge in [-0.15, -0.1) is 0 Å². The van der Waals surface area contributed by atoms with Gasteiger partial charge >= 0.3 is 10.2 Å². The Labute approximate surface area is 146 Å². The summed E-state index contributed by atoms with van der Waals surface area (Å²) in [6.45, 7) is 1.89. The lowest BCUT2D eigenvalue weighted by molar-refractivity contribution is 0.345. The van der Waals surface area contributed by atoms with E-state index in [0.29, 0.717) is 44.0 Å². The molecule has 1 atom stereocenters. The lowest BCUT2D eigenvalue weighted by Gasteiger charge is -2.24. The maximum atomic E-state index is 13.0. The van der Waals surface area contributed by atoms with E-state index in [2.05, 4.69) is 11.3 Å². The number of benzene rings is 1. The van der Waals surface area contributed by atoms with E-state index in [-0.39, 0.29) is 6.04 Å². The number of nitrogens with zero attached hydrogens (tertiary/aromatic N) is 5. The van der Waals surface area contributed by atoms with Crippen molar-refractivity contribution in [1.29, 1.82) is 5.26 Å². The van der Waals surface area contributed by atoms with E-state index in [1.807, 2.05) is 6.07 Å². The maximum Gasteiger partial charge on any atom is 0.304 e. The van der Waals surface area contributed by atoms with E-state index in [1.165, 1.54) is 8.61 Å². The largest absolute Gasteiger partial charge is 0.356 e. The van der Waals surface area contributed by atoms with Gasteiger partial charge in [0.1, 0.15) is 0 Å². The molecule has 0 bridgehead atoms. The number of anilines is 1. The van der Waals surface area contributed by atoms with Gasteiger partial charge in [0, 0.05) is 43.9 Å². The number of hydrogen-bond acceptors (Lipinski definition) is 6. The van der Waals surface area contributed by atoms with Crippen LogP contribution in [0.1, 0.15) is 6.42 Å². The minimum absolute atomic E-state index is 0.146. The van der Waals surface area contributed by atoms with Crippen molar-refractivity contribution in [3.8, 4) is 17.5 Å². The molecular weight excluding hydrogens is 342 g/mol. The molecule has 0 saturated carbocycles. The first kappa shape index (κ1) is 15.9. The minimum atomic E-state index is -3.60. The third-order valence-corrected chi connectivity index (χ3v) is 6.69. The van der Waals surface area contributed by atoms with Gasteiger partial charge < -0.3 is 9.42 Å². The summed E-state index contributed by atoms with van der Waals surface area (Å²) in [5.74, 6) is 0.593. The molecule has 8 nitrogen and oxygen atoms in total. The van der Waals surface area contributed by atoms with Gasteiger partial charge in [-0.05, 0) is 18.6 Å². The van der Waals surface area contributed by atoms with Crippen LogP contribution in [0.5, 0.6) is 0 Å².